The molecule has 34 heavy (non-hydrogen) atoms. The molecule has 0 unspecified atom stereocenters. The number of halogens is 1. The molecule has 0 saturated heterocycles. The molecule has 0 radical (unpaired) electrons. The minimum absolute atomic E-state index is 0.0662. The molecule has 3 aromatic rings. The van der Waals surface area contributed by atoms with Crippen LogP contribution in [0.3, 0.4) is 0 Å². The van der Waals surface area contributed by atoms with E-state index < -0.39 is 0 Å². The monoisotopic (exact) mass is 482 g/mol. The minimum Gasteiger partial charge on any atom is -0.497 e. The Balaban J connectivity index is 1.49. The molecule has 0 aliphatic carbocycles. The SMILES string of the molecule is COc1cc(OC)cc(C(=O)Nc2ccc3c(c2)N(CCOc2ccc(Cl)cc2)C(=O)CO3)c1. The summed E-state index contributed by atoms with van der Waals surface area (Å²) in [5, 5.41) is 3.46. The highest BCUT2D eigenvalue weighted by molar-refractivity contribution is 6.30. The van der Waals surface area contributed by atoms with Crippen molar-refractivity contribution in [3.8, 4) is 23.0 Å². The molecule has 1 aliphatic rings. The Labute approximate surface area is 201 Å². The summed E-state index contributed by atoms with van der Waals surface area (Å²) in [5.41, 5.74) is 1.43. The average molecular weight is 483 g/mol. The van der Waals surface area contributed by atoms with Gasteiger partial charge in [0.05, 0.1) is 26.5 Å². The molecule has 1 N–H and O–H groups in total. The van der Waals surface area contributed by atoms with E-state index in [1.807, 2.05) is 0 Å². The summed E-state index contributed by atoms with van der Waals surface area (Å²) in [7, 11) is 3.03. The zero-order valence-corrected chi connectivity index (χ0v) is 19.4. The van der Waals surface area contributed by atoms with E-state index in [0.717, 1.165) is 0 Å². The lowest BCUT2D eigenvalue weighted by Gasteiger charge is -2.29. The van der Waals surface area contributed by atoms with Crippen LogP contribution < -0.4 is 29.2 Å². The molecular formula is C25H23ClN2O6. The Kier molecular flexibility index (Phi) is 7.08. The fourth-order valence-electron chi connectivity index (χ4n) is 3.45. The lowest BCUT2D eigenvalue weighted by atomic mass is 10.1. The molecule has 0 spiro atoms. The molecule has 0 bridgehead atoms. The molecule has 2 amide bonds. The van der Waals surface area contributed by atoms with Crippen molar-refractivity contribution in [1.82, 2.24) is 0 Å². The largest absolute Gasteiger partial charge is 0.497 e. The van der Waals surface area contributed by atoms with Gasteiger partial charge < -0.3 is 29.2 Å². The van der Waals surface area contributed by atoms with Gasteiger partial charge in [-0.15, -0.1) is 0 Å². The number of rotatable bonds is 8. The van der Waals surface area contributed by atoms with Crippen molar-refractivity contribution in [3.63, 3.8) is 0 Å². The van der Waals surface area contributed by atoms with Gasteiger partial charge in [-0.2, -0.15) is 0 Å². The van der Waals surface area contributed by atoms with Crippen molar-refractivity contribution >= 4 is 34.8 Å². The van der Waals surface area contributed by atoms with Gasteiger partial charge in [0, 0.05) is 22.3 Å². The number of nitrogens with one attached hydrogen (secondary N) is 1. The number of ether oxygens (including phenoxy) is 4. The van der Waals surface area contributed by atoms with Crippen molar-refractivity contribution < 1.29 is 28.5 Å². The standard InChI is InChI=1S/C25H23ClN2O6/c1-31-20-11-16(12-21(14-20)32-2)25(30)27-18-5-8-23-22(13-18)28(24(29)15-34-23)9-10-33-19-6-3-17(26)4-7-19/h3-8,11-14H,9-10,15H2,1-2H3,(H,27,30). The molecule has 0 atom stereocenters. The predicted molar refractivity (Wildman–Crippen MR) is 129 cm³/mol. The van der Waals surface area contributed by atoms with E-state index in [2.05, 4.69) is 5.32 Å². The van der Waals surface area contributed by atoms with Crippen LogP contribution in [0, 0.1) is 0 Å². The molecule has 9 heteroatoms. The molecular weight excluding hydrogens is 460 g/mol. The van der Waals surface area contributed by atoms with Crippen LogP contribution in [-0.2, 0) is 4.79 Å². The second-order valence-electron chi connectivity index (χ2n) is 7.37. The highest BCUT2D eigenvalue weighted by Gasteiger charge is 2.26. The number of fused-ring (bicyclic) bond motifs is 1. The highest BCUT2D eigenvalue weighted by atomic mass is 35.5. The number of nitrogens with zero attached hydrogens (tertiary/aromatic N) is 1. The molecule has 176 valence electrons. The number of benzene rings is 3. The van der Waals surface area contributed by atoms with E-state index in [-0.39, 0.29) is 25.0 Å². The number of anilines is 2. The number of carbonyl (C=O) groups excluding carboxylic acids is 2. The number of methoxy groups -OCH3 is 2. The molecule has 1 heterocycles. The third-order valence-electron chi connectivity index (χ3n) is 5.17. The fourth-order valence-corrected chi connectivity index (χ4v) is 3.58. The molecule has 0 aromatic heterocycles. The number of hydrogen-bond acceptors (Lipinski definition) is 6. The molecule has 8 nitrogen and oxygen atoms in total. The third-order valence-corrected chi connectivity index (χ3v) is 5.42. The van der Waals surface area contributed by atoms with Crippen LogP contribution in [0.2, 0.25) is 5.02 Å². The van der Waals surface area contributed by atoms with Crippen molar-refractivity contribution in [2.75, 3.05) is 44.2 Å². The molecule has 4 rings (SSSR count). The lowest BCUT2D eigenvalue weighted by molar-refractivity contribution is -0.121. The number of amides is 2. The Hall–Kier alpha value is -3.91. The second kappa shape index (κ2) is 10.4. The highest BCUT2D eigenvalue weighted by Crippen LogP contribution is 2.35. The van der Waals surface area contributed by atoms with E-state index in [9.17, 15) is 9.59 Å². The van der Waals surface area contributed by atoms with Crippen LogP contribution in [0.4, 0.5) is 11.4 Å². The summed E-state index contributed by atoms with van der Waals surface area (Å²) < 4.78 is 21.8. The Bertz CT molecular complexity index is 1180. The Morgan fingerprint density at radius 2 is 1.71 bits per heavy atom. The van der Waals surface area contributed by atoms with Gasteiger partial charge in [-0.1, -0.05) is 11.6 Å². The van der Waals surface area contributed by atoms with E-state index in [4.69, 9.17) is 30.5 Å². The molecule has 0 fully saturated rings. The third kappa shape index (κ3) is 5.35. The van der Waals surface area contributed by atoms with Gasteiger partial charge in [-0.05, 0) is 54.6 Å². The van der Waals surface area contributed by atoms with Crippen LogP contribution in [0.5, 0.6) is 23.0 Å². The van der Waals surface area contributed by atoms with Crippen LogP contribution in [0.1, 0.15) is 10.4 Å². The van der Waals surface area contributed by atoms with Gasteiger partial charge >= 0.3 is 0 Å². The van der Waals surface area contributed by atoms with Crippen molar-refractivity contribution in [3.05, 3.63) is 71.2 Å². The van der Waals surface area contributed by atoms with Crippen LogP contribution in [-0.4, -0.2) is 45.8 Å². The van der Waals surface area contributed by atoms with Crippen molar-refractivity contribution in [2.45, 2.75) is 0 Å². The van der Waals surface area contributed by atoms with Crippen molar-refractivity contribution in [1.29, 1.82) is 0 Å². The maximum absolute atomic E-state index is 12.9. The van der Waals surface area contributed by atoms with Gasteiger partial charge in [-0.25, -0.2) is 0 Å². The van der Waals surface area contributed by atoms with Gasteiger partial charge in [0.1, 0.15) is 29.6 Å². The van der Waals surface area contributed by atoms with Crippen LogP contribution in [0.15, 0.2) is 60.7 Å². The maximum Gasteiger partial charge on any atom is 0.265 e. The first-order valence-electron chi connectivity index (χ1n) is 10.5. The molecule has 1 aliphatic heterocycles. The lowest BCUT2D eigenvalue weighted by Crippen LogP contribution is -2.41. The van der Waals surface area contributed by atoms with Gasteiger partial charge in [0.25, 0.3) is 11.8 Å². The predicted octanol–water partition coefficient (Wildman–Crippen LogP) is 4.41. The summed E-state index contributed by atoms with van der Waals surface area (Å²) in [6.45, 7) is 0.512. The van der Waals surface area contributed by atoms with E-state index in [0.29, 0.717) is 51.5 Å². The summed E-state index contributed by atoms with van der Waals surface area (Å²) in [6, 6.07) is 17.0. The summed E-state index contributed by atoms with van der Waals surface area (Å²) >= 11 is 5.90. The van der Waals surface area contributed by atoms with Gasteiger partial charge in [0.2, 0.25) is 0 Å². The average Bonchev–Trinajstić information content (AvgIpc) is 2.86. The van der Waals surface area contributed by atoms with E-state index >= 15 is 0 Å². The maximum atomic E-state index is 12.9. The van der Waals surface area contributed by atoms with Crippen molar-refractivity contribution in [2.24, 2.45) is 0 Å². The van der Waals surface area contributed by atoms with Crippen LogP contribution >= 0.6 is 11.6 Å². The Morgan fingerprint density at radius 3 is 2.38 bits per heavy atom. The van der Waals surface area contributed by atoms with E-state index in [1.54, 1.807) is 65.6 Å². The summed E-state index contributed by atoms with van der Waals surface area (Å²) in [5.74, 6) is 1.65. The second-order valence-corrected chi connectivity index (χ2v) is 7.81. The first-order chi connectivity index (χ1) is 16.5. The first-order valence-corrected chi connectivity index (χ1v) is 10.8. The molecule has 0 saturated carbocycles. The Morgan fingerprint density at radius 1 is 1.00 bits per heavy atom. The normalized spacial score (nSPS) is 12.4. The van der Waals surface area contributed by atoms with Gasteiger partial charge in [0.15, 0.2) is 6.61 Å². The minimum atomic E-state index is -0.349. The zero-order valence-electron chi connectivity index (χ0n) is 18.7. The fraction of sp³-hybridized carbons (Fsp3) is 0.200. The first kappa shape index (κ1) is 23.3. The zero-order chi connectivity index (χ0) is 24.1. The number of hydrogen-bond donors (Lipinski definition) is 1. The topological polar surface area (TPSA) is 86.3 Å². The van der Waals surface area contributed by atoms with E-state index in [1.165, 1.54) is 14.2 Å². The number of carbonyl (C=O) groups is 2. The molecule has 3 aromatic carbocycles. The summed E-state index contributed by atoms with van der Waals surface area (Å²) in [6.07, 6.45) is 0. The summed E-state index contributed by atoms with van der Waals surface area (Å²) in [4.78, 5) is 27.0. The van der Waals surface area contributed by atoms with Gasteiger partial charge in [-0.3, -0.25) is 9.59 Å². The van der Waals surface area contributed by atoms with Crippen LogP contribution in [0.25, 0.3) is 0 Å². The quantitative estimate of drug-likeness (QED) is 0.511. The smallest absolute Gasteiger partial charge is 0.265 e.